The van der Waals surface area contributed by atoms with E-state index in [9.17, 15) is 4.79 Å². The molecule has 3 aromatic rings. The van der Waals surface area contributed by atoms with Gasteiger partial charge in [-0.05, 0) is 30.9 Å². The van der Waals surface area contributed by atoms with Gasteiger partial charge >= 0.3 is 0 Å². The zero-order valence-electron chi connectivity index (χ0n) is 15.1. The highest BCUT2D eigenvalue weighted by molar-refractivity contribution is 8.00. The standard InChI is InChI=1S/C18H21N5O2S2/c1-12-4-2-6-23(9-12)18-22-16-15(27-18)17(21-11-20-16)26-10-14(24)19-8-13-5-3-7-25-13/h3,5,7,11-12H,2,4,6,8-10H2,1H3,(H,19,24)/t12-/m1/s1. The molecule has 4 rings (SSSR count). The van der Waals surface area contributed by atoms with Gasteiger partial charge in [-0.25, -0.2) is 9.97 Å². The zero-order valence-corrected chi connectivity index (χ0v) is 16.7. The summed E-state index contributed by atoms with van der Waals surface area (Å²) in [4.78, 5) is 27.8. The number of rotatable bonds is 6. The van der Waals surface area contributed by atoms with Crippen molar-refractivity contribution in [2.24, 2.45) is 5.92 Å². The van der Waals surface area contributed by atoms with E-state index in [1.807, 2.05) is 6.07 Å². The predicted molar refractivity (Wildman–Crippen MR) is 107 cm³/mol. The van der Waals surface area contributed by atoms with Crippen molar-refractivity contribution in [1.82, 2.24) is 20.3 Å². The first-order chi connectivity index (χ1) is 13.2. The van der Waals surface area contributed by atoms with Crippen molar-refractivity contribution in [2.45, 2.75) is 31.3 Å². The molecule has 3 aromatic heterocycles. The lowest BCUT2D eigenvalue weighted by atomic mass is 10.0. The summed E-state index contributed by atoms with van der Waals surface area (Å²) < 4.78 is 6.17. The Kier molecular flexibility index (Phi) is 5.58. The van der Waals surface area contributed by atoms with E-state index in [4.69, 9.17) is 9.40 Å². The first-order valence-corrected chi connectivity index (χ1v) is 10.8. The summed E-state index contributed by atoms with van der Waals surface area (Å²) in [6.45, 7) is 4.74. The molecule has 0 bridgehead atoms. The summed E-state index contributed by atoms with van der Waals surface area (Å²) in [5.41, 5.74) is 0.710. The van der Waals surface area contributed by atoms with E-state index in [1.165, 1.54) is 30.9 Å². The second-order valence-corrected chi connectivity index (χ2v) is 8.61. The number of furan rings is 1. The van der Waals surface area contributed by atoms with Gasteiger partial charge in [-0.3, -0.25) is 4.79 Å². The van der Waals surface area contributed by atoms with Crippen LogP contribution >= 0.6 is 23.1 Å². The number of thiazole rings is 1. The van der Waals surface area contributed by atoms with Gasteiger partial charge in [-0.1, -0.05) is 30.0 Å². The number of anilines is 1. The SMILES string of the molecule is C[C@@H]1CCCN(c2nc3ncnc(SCC(=O)NCc4ccco4)c3s2)C1. The maximum absolute atomic E-state index is 12.1. The number of nitrogens with zero attached hydrogens (tertiary/aromatic N) is 4. The minimum atomic E-state index is -0.0576. The molecule has 0 aliphatic carbocycles. The molecule has 0 unspecified atom stereocenters. The van der Waals surface area contributed by atoms with Crippen LogP contribution in [0.4, 0.5) is 5.13 Å². The fourth-order valence-corrected chi connectivity index (χ4v) is 5.06. The lowest BCUT2D eigenvalue weighted by Crippen LogP contribution is -2.34. The predicted octanol–water partition coefficient (Wildman–Crippen LogP) is 3.32. The molecule has 1 aliphatic heterocycles. The van der Waals surface area contributed by atoms with Crippen LogP contribution in [0.25, 0.3) is 10.3 Å². The van der Waals surface area contributed by atoms with Gasteiger partial charge in [0.15, 0.2) is 10.8 Å². The van der Waals surface area contributed by atoms with Crippen LogP contribution in [0.5, 0.6) is 0 Å². The largest absolute Gasteiger partial charge is 0.467 e. The average Bonchev–Trinajstić information content (AvgIpc) is 3.34. The van der Waals surface area contributed by atoms with E-state index in [2.05, 4.69) is 27.1 Å². The molecule has 0 aromatic carbocycles. The van der Waals surface area contributed by atoms with Crippen molar-refractivity contribution in [1.29, 1.82) is 0 Å². The Morgan fingerprint density at radius 1 is 1.48 bits per heavy atom. The van der Waals surface area contributed by atoms with Crippen LogP contribution in [0.2, 0.25) is 0 Å². The van der Waals surface area contributed by atoms with Gasteiger partial charge in [-0.15, -0.1) is 0 Å². The van der Waals surface area contributed by atoms with Gasteiger partial charge in [0.1, 0.15) is 21.8 Å². The van der Waals surface area contributed by atoms with Gasteiger partial charge in [0, 0.05) is 13.1 Å². The monoisotopic (exact) mass is 403 g/mol. The summed E-state index contributed by atoms with van der Waals surface area (Å²) in [5.74, 6) is 1.66. The van der Waals surface area contributed by atoms with Crippen LogP contribution in [0.3, 0.4) is 0 Å². The van der Waals surface area contributed by atoms with E-state index in [-0.39, 0.29) is 5.91 Å². The lowest BCUT2D eigenvalue weighted by molar-refractivity contribution is -0.118. The van der Waals surface area contributed by atoms with Gasteiger partial charge in [0.05, 0.1) is 18.6 Å². The second kappa shape index (κ2) is 8.26. The minimum Gasteiger partial charge on any atom is -0.467 e. The molecule has 1 saturated heterocycles. The van der Waals surface area contributed by atoms with Crippen molar-refractivity contribution in [3.8, 4) is 0 Å². The molecular weight excluding hydrogens is 382 g/mol. The number of carbonyl (C=O) groups is 1. The molecule has 4 heterocycles. The van der Waals surface area contributed by atoms with Crippen LogP contribution in [0.1, 0.15) is 25.5 Å². The molecule has 1 N–H and O–H groups in total. The first kappa shape index (κ1) is 18.2. The molecule has 142 valence electrons. The molecule has 0 saturated carbocycles. The molecule has 9 heteroatoms. The van der Waals surface area contributed by atoms with Gasteiger partial charge in [0.2, 0.25) is 5.91 Å². The summed E-state index contributed by atoms with van der Waals surface area (Å²) in [7, 11) is 0. The third-order valence-electron chi connectivity index (χ3n) is 4.45. The highest BCUT2D eigenvalue weighted by atomic mass is 32.2. The van der Waals surface area contributed by atoms with Crippen LogP contribution in [0.15, 0.2) is 34.2 Å². The Bertz CT molecular complexity index is 912. The summed E-state index contributed by atoms with van der Waals surface area (Å²) in [6, 6.07) is 3.64. The summed E-state index contributed by atoms with van der Waals surface area (Å²) in [5, 5.41) is 4.66. The Labute approximate surface area is 165 Å². The van der Waals surface area contributed by atoms with Crippen LogP contribution in [-0.2, 0) is 11.3 Å². The van der Waals surface area contributed by atoms with E-state index < -0.39 is 0 Å². The average molecular weight is 404 g/mol. The minimum absolute atomic E-state index is 0.0576. The van der Waals surface area contributed by atoms with Gasteiger partial charge in [0.25, 0.3) is 0 Å². The summed E-state index contributed by atoms with van der Waals surface area (Å²) >= 11 is 3.03. The van der Waals surface area contributed by atoms with Crippen LogP contribution in [0, 0.1) is 5.92 Å². The van der Waals surface area contributed by atoms with E-state index in [0.717, 1.165) is 33.7 Å². The molecule has 1 atom stereocenters. The van der Waals surface area contributed by atoms with E-state index in [1.54, 1.807) is 23.7 Å². The van der Waals surface area contributed by atoms with Crippen molar-refractivity contribution < 1.29 is 9.21 Å². The quantitative estimate of drug-likeness (QED) is 0.499. The van der Waals surface area contributed by atoms with Crippen molar-refractivity contribution in [2.75, 3.05) is 23.7 Å². The number of fused-ring (bicyclic) bond motifs is 1. The number of piperidine rings is 1. The Morgan fingerprint density at radius 3 is 3.22 bits per heavy atom. The number of thioether (sulfide) groups is 1. The smallest absolute Gasteiger partial charge is 0.230 e. The van der Waals surface area contributed by atoms with Gasteiger partial charge in [-0.2, -0.15) is 4.98 Å². The topological polar surface area (TPSA) is 84.2 Å². The van der Waals surface area contributed by atoms with Gasteiger partial charge < -0.3 is 14.6 Å². The molecule has 1 fully saturated rings. The van der Waals surface area contributed by atoms with E-state index >= 15 is 0 Å². The Balaban J connectivity index is 1.41. The molecule has 1 aliphatic rings. The molecule has 27 heavy (non-hydrogen) atoms. The number of aromatic nitrogens is 3. The Hall–Kier alpha value is -2.13. The number of amides is 1. The number of carbonyl (C=O) groups excluding carboxylic acids is 1. The molecule has 0 spiro atoms. The third-order valence-corrected chi connectivity index (χ3v) is 6.69. The molecule has 7 nitrogen and oxygen atoms in total. The molecular formula is C18H21N5O2S2. The fourth-order valence-electron chi connectivity index (χ4n) is 3.11. The van der Waals surface area contributed by atoms with Crippen molar-refractivity contribution >= 4 is 44.5 Å². The first-order valence-electron chi connectivity index (χ1n) is 8.97. The highest BCUT2D eigenvalue weighted by Crippen LogP contribution is 2.35. The molecule has 0 radical (unpaired) electrons. The second-order valence-electron chi connectivity index (χ2n) is 6.67. The summed E-state index contributed by atoms with van der Waals surface area (Å²) in [6.07, 6.45) is 5.59. The third kappa shape index (κ3) is 4.41. The van der Waals surface area contributed by atoms with Crippen molar-refractivity contribution in [3.63, 3.8) is 0 Å². The zero-order chi connectivity index (χ0) is 18.6. The number of nitrogens with one attached hydrogen (secondary N) is 1. The van der Waals surface area contributed by atoms with Crippen LogP contribution in [-0.4, -0.2) is 39.7 Å². The highest BCUT2D eigenvalue weighted by Gasteiger charge is 2.21. The van der Waals surface area contributed by atoms with E-state index in [0.29, 0.717) is 23.9 Å². The molecule has 1 amide bonds. The lowest BCUT2D eigenvalue weighted by Gasteiger charge is -2.30. The maximum atomic E-state index is 12.1. The maximum Gasteiger partial charge on any atom is 0.230 e. The normalized spacial score (nSPS) is 17.4. The number of hydrogen-bond donors (Lipinski definition) is 1. The number of hydrogen-bond acceptors (Lipinski definition) is 8. The Morgan fingerprint density at radius 2 is 2.41 bits per heavy atom. The fraction of sp³-hybridized carbons (Fsp3) is 0.444. The van der Waals surface area contributed by atoms with Crippen LogP contribution < -0.4 is 10.2 Å². The van der Waals surface area contributed by atoms with Crippen molar-refractivity contribution in [3.05, 3.63) is 30.5 Å².